The molecule has 0 heterocycles. The predicted molar refractivity (Wildman–Crippen MR) is 62.7 cm³/mol. The highest BCUT2D eigenvalue weighted by atomic mass is 17.2. The van der Waals surface area contributed by atoms with E-state index in [1.807, 2.05) is 0 Å². The lowest BCUT2D eigenvalue weighted by Gasteiger charge is -2.00. The Kier molecular flexibility index (Phi) is 6.46. The van der Waals surface area contributed by atoms with Crippen molar-refractivity contribution in [3.8, 4) is 0 Å². The van der Waals surface area contributed by atoms with Crippen LogP contribution in [0.15, 0.2) is 0 Å². The topological polar surface area (TPSA) is 35.5 Å². The van der Waals surface area contributed by atoms with E-state index < -0.39 is 0 Å². The maximum atomic E-state index is 11.1. The fraction of sp³-hybridized carbons (Fsp3) is 0.923. The van der Waals surface area contributed by atoms with Crippen molar-refractivity contribution < 1.29 is 14.6 Å². The van der Waals surface area contributed by atoms with Crippen LogP contribution in [0.2, 0.25) is 0 Å². The molecule has 0 amide bonds. The molecule has 0 N–H and O–H groups in total. The van der Waals surface area contributed by atoms with E-state index in [1.54, 1.807) is 0 Å². The zero-order valence-corrected chi connectivity index (χ0v) is 10.5. The number of rotatable bonds is 9. The molecule has 0 aliphatic heterocycles. The van der Waals surface area contributed by atoms with Crippen molar-refractivity contribution in [3.05, 3.63) is 0 Å². The molecule has 0 aromatic rings. The summed E-state index contributed by atoms with van der Waals surface area (Å²) in [4.78, 5) is 19.9. The monoisotopic (exact) mass is 228 g/mol. The molecule has 2 atom stereocenters. The molecule has 1 aliphatic carbocycles. The summed E-state index contributed by atoms with van der Waals surface area (Å²) in [6.07, 6.45) is 9.71. The molecule has 1 fully saturated rings. The summed E-state index contributed by atoms with van der Waals surface area (Å²) < 4.78 is 0. The van der Waals surface area contributed by atoms with Crippen LogP contribution < -0.4 is 0 Å². The lowest BCUT2D eigenvalue weighted by molar-refractivity contribution is -0.255. The van der Waals surface area contributed by atoms with Gasteiger partial charge in [0.2, 0.25) is 0 Å². The van der Waals surface area contributed by atoms with Gasteiger partial charge in [0, 0.05) is 0 Å². The molecule has 3 nitrogen and oxygen atoms in total. The van der Waals surface area contributed by atoms with Crippen molar-refractivity contribution in [1.29, 1.82) is 0 Å². The lowest BCUT2D eigenvalue weighted by atomic mass is 10.1. The van der Waals surface area contributed by atoms with Gasteiger partial charge in [0.25, 0.3) is 0 Å². The average Bonchev–Trinajstić information content (AvgIpc) is 2.96. The van der Waals surface area contributed by atoms with Gasteiger partial charge in [-0.25, -0.2) is 4.79 Å². The highest BCUT2D eigenvalue weighted by molar-refractivity contribution is 5.69. The van der Waals surface area contributed by atoms with Crippen LogP contribution in [0.25, 0.3) is 0 Å². The van der Waals surface area contributed by atoms with E-state index >= 15 is 0 Å². The maximum absolute atomic E-state index is 11.1. The molecule has 94 valence electrons. The first-order valence-corrected chi connectivity index (χ1v) is 6.51. The Balaban J connectivity index is 1.92. The number of unbranched alkanes of at least 4 members (excludes halogenated alkanes) is 4. The summed E-state index contributed by atoms with van der Waals surface area (Å²) in [5, 5.41) is 0. The minimum atomic E-state index is -0.221. The number of carbonyl (C=O) groups excluding carboxylic acids is 1. The third-order valence-corrected chi connectivity index (χ3v) is 3.35. The van der Waals surface area contributed by atoms with E-state index in [0.29, 0.717) is 12.3 Å². The zero-order valence-electron chi connectivity index (χ0n) is 10.5. The summed E-state index contributed by atoms with van der Waals surface area (Å²) in [6.45, 7) is 2.23. The zero-order chi connectivity index (χ0) is 11.8. The van der Waals surface area contributed by atoms with Crippen LogP contribution in [0, 0.1) is 11.8 Å². The predicted octanol–water partition coefficient (Wildman–Crippen LogP) is 3.48. The lowest BCUT2D eigenvalue weighted by Crippen LogP contribution is -2.04. The standard InChI is InChI=1S/C13H24O3/c1-3-4-5-6-7-8-11-9-12(11)10-13(14)16-15-2/h11-12H,3-10H2,1-2H3. The first-order chi connectivity index (χ1) is 7.77. The largest absolute Gasteiger partial charge is 0.342 e. The first-order valence-electron chi connectivity index (χ1n) is 6.51. The summed E-state index contributed by atoms with van der Waals surface area (Å²) in [5.41, 5.74) is 0. The SMILES string of the molecule is CCCCCCCC1CC1CC(=O)OOC. The molecule has 1 saturated carbocycles. The van der Waals surface area contributed by atoms with Crippen molar-refractivity contribution in [2.24, 2.45) is 11.8 Å². The van der Waals surface area contributed by atoms with Crippen LogP contribution in [-0.2, 0) is 14.6 Å². The van der Waals surface area contributed by atoms with Crippen LogP contribution >= 0.6 is 0 Å². The van der Waals surface area contributed by atoms with Crippen molar-refractivity contribution in [2.45, 2.75) is 58.3 Å². The third-order valence-electron chi connectivity index (χ3n) is 3.35. The van der Waals surface area contributed by atoms with E-state index in [-0.39, 0.29) is 5.97 Å². The van der Waals surface area contributed by atoms with E-state index in [9.17, 15) is 4.79 Å². The Labute approximate surface area is 98.4 Å². The van der Waals surface area contributed by atoms with Crippen LogP contribution in [0.4, 0.5) is 0 Å². The first kappa shape index (κ1) is 13.5. The number of hydrogen-bond acceptors (Lipinski definition) is 3. The van der Waals surface area contributed by atoms with Crippen molar-refractivity contribution in [3.63, 3.8) is 0 Å². The van der Waals surface area contributed by atoms with Gasteiger partial charge >= 0.3 is 5.97 Å². The number of hydrogen-bond donors (Lipinski definition) is 0. The molecule has 1 aliphatic rings. The quantitative estimate of drug-likeness (QED) is 0.344. The van der Waals surface area contributed by atoms with Gasteiger partial charge < -0.3 is 0 Å². The molecule has 3 heteroatoms. The molecule has 2 unspecified atom stereocenters. The Morgan fingerprint density at radius 2 is 1.94 bits per heavy atom. The van der Waals surface area contributed by atoms with Gasteiger partial charge in [0.15, 0.2) is 0 Å². The van der Waals surface area contributed by atoms with E-state index in [1.165, 1.54) is 52.1 Å². The molecule has 16 heavy (non-hydrogen) atoms. The van der Waals surface area contributed by atoms with Gasteiger partial charge in [-0.3, -0.25) is 4.89 Å². The Morgan fingerprint density at radius 3 is 2.62 bits per heavy atom. The maximum Gasteiger partial charge on any atom is 0.342 e. The average molecular weight is 228 g/mol. The second kappa shape index (κ2) is 7.66. The Bertz CT molecular complexity index is 203. The van der Waals surface area contributed by atoms with Crippen molar-refractivity contribution in [1.82, 2.24) is 0 Å². The molecular formula is C13H24O3. The summed E-state index contributed by atoms with van der Waals surface area (Å²) >= 11 is 0. The summed E-state index contributed by atoms with van der Waals surface area (Å²) in [5.74, 6) is 1.11. The van der Waals surface area contributed by atoms with Crippen LogP contribution in [0.5, 0.6) is 0 Å². The van der Waals surface area contributed by atoms with E-state index in [4.69, 9.17) is 0 Å². The molecule has 0 spiro atoms. The molecule has 0 radical (unpaired) electrons. The van der Waals surface area contributed by atoms with E-state index in [2.05, 4.69) is 16.7 Å². The van der Waals surface area contributed by atoms with Gasteiger partial charge in [0.05, 0.1) is 13.5 Å². The summed E-state index contributed by atoms with van der Waals surface area (Å²) in [6, 6.07) is 0. The van der Waals surface area contributed by atoms with Crippen LogP contribution in [-0.4, -0.2) is 13.1 Å². The fourth-order valence-corrected chi connectivity index (χ4v) is 2.26. The molecule has 0 bridgehead atoms. The Morgan fingerprint density at radius 1 is 1.19 bits per heavy atom. The second-order valence-electron chi connectivity index (χ2n) is 4.78. The van der Waals surface area contributed by atoms with Gasteiger partial charge in [-0.05, 0) is 18.3 Å². The van der Waals surface area contributed by atoms with Crippen molar-refractivity contribution >= 4 is 5.97 Å². The fourth-order valence-electron chi connectivity index (χ4n) is 2.26. The normalized spacial score (nSPS) is 23.1. The molecule has 0 saturated heterocycles. The minimum absolute atomic E-state index is 0.221. The van der Waals surface area contributed by atoms with Gasteiger partial charge in [-0.15, -0.1) is 0 Å². The summed E-state index contributed by atoms with van der Waals surface area (Å²) in [7, 11) is 1.37. The van der Waals surface area contributed by atoms with Crippen LogP contribution in [0.1, 0.15) is 58.3 Å². The minimum Gasteiger partial charge on any atom is -0.299 e. The van der Waals surface area contributed by atoms with Crippen molar-refractivity contribution in [2.75, 3.05) is 7.11 Å². The molecule has 0 aromatic heterocycles. The third kappa shape index (κ3) is 5.50. The Hall–Kier alpha value is -0.570. The molecule has 0 aromatic carbocycles. The van der Waals surface area contributed by atoms with Gasteiger partial charge in [-0.2, -0.15) is 4.89 Å². The smallest absolute Gasteiger partial charge is 0.299 e. The highest BCUT2D eigenvalue weighted by Gasteiger charge is 2.38. The van der Waals surface area contributed by atoms with Crippen LogP contribution in [0.3, 0.4) is 0 Å². The molecule has 1 rings (SSSR count). The van der Waals surface area contributed by atoms with Gasteiger partial charge in [-0.1, -0.05) is 45.4 Å². The highest BCUT2D eigenvalue weighted by Crippen LogP contribution is 2.44. The van der Waals surface area contributed by atoms with E-state index in [0.717, 1.165) is 5.92 Å². The molecular weight excluding hydrogens is 204 g/mol. The number of carbonyl (C=O) groups is 1. The second-order valence-corrected chi connectivity index (χ2v) is 4.78. The van der Waals surface area contributed by atoms with Gasteiger partial charge in [0.1, 0.15) is 0 Å².